The fourth-order valence-corrected chi connectivity index (χ4v) is 6.00. The standard InChI is InChI=1S/C24H24O3S/c1-12-10-15(14-4-6-16(28-3)7-5-14)11-13(2)19(12)22-23(25)20-17-8-9-18(27-17)21(20)24(22)26/h4-7,10-11,17-18,20-22H,8-9H2,1-3H3/t17-,18-,20-,21+,22?/m1/s1. The molecular weight excluding hydrogens is 368 g/mol. The van der Waals surface area contributed by atoms with Gasteiger partial charge in [0, 0.05) is 4.90 Å². The lowest BCUT2D eigenvalue weighted by atomic mass is 9.81. The quantitative estimate of drug-likeness (QED) is 0.560. The van der Waals surface area contributed by atoms with Gasteiger partial charge in [0.1, 0.15) is 5.92 Å². The summed E-state index contributed by atoms with van der Waals surface area (Å²) < 4.78 is 5.88. The van der Waals surface area contributed by atoms with Gasteiger partial charge in [-0.1, -0.05) is 24.3 Å². The van der Waals surface area contributed by atoms with Crippen molar-refractivity contribution in [2.75, 3.05) is 6.26 Å². The molecule has 5 rings (SSSR count). The highest BCUT2D eigenvalue weighted by atomic mass is 32.2. The molecule has 3 nitrogen and oxygen atoms in total. The number of fused-ring (bicyclic) bond motifs is 5. The Morgan fingerprint density at radius 2 is 1.39 bits per heavy atom. The van der Waals surface area contributed by atoms with Crippen LogP contribution in [0.4, 0.5) is 0 Å². The van der Waals surface area contributed by atoms with Gasteiger partial charge in [0.05, 0.1) is 24.0 Å². The van der Waals surface area contributed by atoms with Gasteiger partial charge in [-0.3, -0.25) is 9.59 Å². The minimum atomic E-state index is -0.602. The van der Waals surface area contributed by atoms with Gasteiger partial charge in [-0.05, 0) is 72.9 Å². The van der Waals surface area contributed by atoms with Gasteiger partial charge < -0.3 is 4.74 Å². The van der Waals surface area contributed by atoms with Crippen LogP contribution in [0.2, 0.25) is 0 Å². The van der Waals surface area contributed by atoms with Crippen molar-refractivity contribution in [1.29, 1.82) is 0 Å². The highest BCUT2D eigenvalue weighted by Crippen LogP contribution is 2.53. The van der Waals surface area contributed by atoms with Gasteiger partial charge in [0.2, 0.25) is 0 Å². The minimum Gasteiger partial charge on any atom is -0.373 e. The number of rotatable bonds is 3. The Morgan fingerprint density at radius 1 is 0.857 bits per heavy atom. The number of carbonyl (C=O) groups excluding carboxylic acids is 2. The molecule has 2 aliphatic heterocycles. The number of benzene rings is 2. The first-order chi connectivity index (χ1) is 13.5. The average molecular weight is 393 g/mol. The molecule has 0 amide bonds. The van der Waals surface area contributed by atoms with Gasteiger partial charge >= 0.3 is 0 Å². The molecule has 2 saturated heterocycles. The van der Waals surface area contributed by atoms with Gasteiger partial charge in [-0.2, -0.15) is 0 Å². The SMILES string of the molecule is CSc1ccc(-c2cc(C)c(C3C(=O)[C@@H]4[C@H](C3=O)[C@H]3CC[C@H]4O3)c(C)c2)cc1. The number of Topliss-reactive ketones (excluding diaryl/α,β-unsaturated/α-hetero) is 2. The normalized spacial score (nSPS) is 30.9. The van der Waals surface area contributed by atoms with E-state index >= 15 is 0 Å². The van der Waals surface area contributed by atoms with Crippen LogP contribution in [0, 0.1) is 25.7 Å². The second-order valence-electron chi connectivity index (χ2n) is 8.33. The van der Waals surface area contributed by atoms with Crippen molar-refractivity contribution in [2.24, 2.45) is 11.8 Å². The van der Waals surface area contributed by atoms with Crippen molar-refractivity contribution in [2.45, 2.75) is 49.7 Å². The van der Waals surface area contributed by atoms with Crippen molar-refractivity contribution in [3.05, 3.63) is 53.1 Å². The van der Waals surface area contributed by atoms with Gasteiger partial charge in [0.25, 0.3) is 0 Å². The Bertz CT molecular complexity index is 927. The van der Waals surface area contributed by atoms with Crippen LogP contribution >= 0.6 is 11.8 Å². The van der Waals surface area contributed by atoms with E-state index in [0.717, 1.165) is 40.7 Å². The maximum absolute atomic E-state index is 13.2. The second-order valence-corrected chi connectivity index (χ2v) is 9.21. The lowest BCUT2D eigenvalue weighted by Gasteiger charge is -2.19. The summed E-state index contributed by atoms with van der Waals surface area (Å²) in [5.74, 6) is -0.853. The molecule has 144 valence electrons. The van der Waals surface area contributed by atoms with Crippen LogP contribution in [0.3, 0.4) is 0 Å². The molecule has 1 aliphatic carbocycles. The van der Waals surface area contributed by atoms with Gasteiger partial charge in [0.15, 0.2) is 11.6 Å². The van der Waals surface area contributed by atoms with Crippen molar-refractivity contribution in [3.8, 4) is 11.1 Å². The van der Waals surface area contributed by atoms with Crippen LogP contribution < -0.4 is 0 Å². The van der Waals surface area contributed by atoms with Crippen LogP contribution in [0.1, 0.15) is 35.4 Å². The number of hydrogen-bond acceptors (Lipinski definition) is 4. The first-order valence-electron chi connectivity index (χ1n) is 9.98. The molecule has 2 aromatic rings. The third-order valence-electron chi connectivity index (χ3n) is 6.81. The molecule has 2 bridgehead atoms. The van der Waals surface area contributed by atoms with E-state index < -0.39 is 5.92 Å². The molecule has 3 aliphatic rings. The largest absolute Gasteiger partial charge is 0.373 e. The van der Waals surface area contributed by atoms with Crippen LogP contribution in [-0.4, -0.2) is 30.0 Å². The topological polar surface area (TPSA) is 43.4 Å². The van der Waals surface area contributed by atoms with Crippen LogP contribution in [0.5, 0.6) is 0 Å². The summed E-state index contributed by atoms with van der Waals surface area (Å²) in [6.45, 7) is 4.06. The maximum atomic E-state index is 13.2. The summed E-state index contributed by atoms with van der Waals surface area (Å²) in [7, 11) is 0. The Labute approximate surface area is 169 Å². The van der Waals surface area contributed by atoms with E-state index in [4.69, 9.17) is 4.74 Å². The Balaban J connectivity index is 1.52. The lowest BCUT2D eigenvalue weighted by Crippen LogP contribution is -2.29. The number of aryl methyl sites for hydroxylation is 2. The highest BCUT2D eigenvalue weighted by Gasteiger charge is 2.63. The van der Waals surface area contributed by atoms with E-state index in [1.165, 1.54) is 4.90 Å². The van der Waals surface area contributed by atoms with E-state index in [1.807, 2.05) is 13.8 Å². The summed E-state index contributed by atoms with van der Waals surface area (Å²) in [6.07, 6.45) is 3.83. The molecular formula is C24H24O3S. The lowest BCUT2D eigenvalue weighted by molar-refractivity contribution is -0.127. The molecule has 1 unspecified atom stereocenters. The van der Waals surface area contributed by atoms with Crippen LogP contribution in [0.25, 0.3) is 11.1 Å². The minimum absolute atomic E-state index is 0.0358. The van der Waals surface area contributed by atoms with E-state index in [1.54, 1.807) is 11.8 Å². The molecule has 28 heavy (non-hydrogen) atoms. The van der Waals surface area contributed by atoms with E-state index in [2.05, 4.69) is 42.7 Å². The predicted octanol–water partition coefficient (Wildman–Crippen LogP) is 4.72. The summed E-state index contributed by atoms with van der Waals surface area (Å²) in [5.41, 5.74) is 5.27. The number of carbonyl (C=O) groups is 2. The molecule has 1 saturated carbocycles. The molecule has 4 heteroatoms. The third-order valence-corrected chi connectivity index (χ3v) is 7.55. The zero-order valence-corrected chi connectivity index (χ0v) is 17.2. The van der Waals surface area contributed by atoms with Gasteiger partial charge in [-0.25, -0.2) is 0 Å². The molecule has 0 radical (unpaired) electrons. The van der Waals surface area contributed by atoms with E-state index in [9.17, 15) is 9.59 Å². The predicted molar refractivity (Wildman–Crippen MR) is 111 cm³/mol. The summed E-state index contributed by atoms with van der Waals surface area (Å²) in [6, 6.07) is 12.8. The molecule has 2 aromatic carbocycles. The van der Waals surface area contributed by atoms with Gasteiger partial charge in [-0.15, -0.1) is 11.8 Å². The Morgan fingerprint density at radius 3 is 1.89 bits per heavy atom. The summed E-state index contributed by atoms with van der Waals surface area (Å²) >= 11 is 1.73. The maximum Gasteiger partial charge on any atom is 0.154 e. The summed E-state index contributed by atoms with van der Waals surface area (Å²) in [5, 5.41) is 0. The number of hydrogen-bond donors (Lipinski definition) is 0. The van der Waals surface area contributed by atoms with Crippen molar-refractivity contribution < 1.29 is 14.3 Å². The Hall–Kier alpha value is -1.91. The zero-order chi connectivity index (χ0) is 19.6. The number of ether oxygens (including phenoxy) is 1. The van der Waals surface area contributed by atoms with E-state index in [0.29, 0.717) is 0 Å². The molecule has 0 N–H and O–H groups in total. The summed E-state index contributed by atoms with van der Waals surface area (Å²) in [4.78, 5) is 27.7. The second kappa shape index (κ2) is 6.57. The molecule has 2 heterocycles. The molecule has 0 spiro atoms. The first-order valence-corrected chi connectivity index (χ1v) is 11.2. The smallest absolute Gasteiger partial charge is 0.154 e. The van der Waals surface area contributed by atoms with Crippen molar-refractivity contribution >= 4 is 23.3 Å². The van der Waals surface area contributed by atoms with Crippen LogP contribution in [0.15, 0.2) is 41.3 Å². The van der Waals surface area contributed by atoms with Crippen molar-refractivity contribution in [1.82, 2.24) is 0 Å². The average Bonchev–Trinajstić information content (AvgIpc) is 3.37. The van der Waals surface area contributed by atoms with Crippen molar-refractivity contribution in [3.63, 3.8) is 0 Å². The number of ketones is 2. The fraction of sp³-hybridized carbons (Fsp3) is 0.417. The monoisotopic (exact) mass is 392 g/mol. The third kappa shape index (κ3) is 2.54. The van der Waals surface area contributed by atoms with E-state index in [-0.39, 0.29) is 35.6 Å². The Kier molecular flexibility index (Phi) is 4.25. The molecule has 0 aromatic heterocycles. The molecule has 3 fully saturated rings. The van der Waals surface area contributed by atoms with Crippen LogP contribution in [-0.2, 0) is 14.3 Å². The number of thioether (sulfide) groups is 1. The zero-order valence-electron chi connectivity index (χ0n) is 16.4. The molecule has 5 atom stereocenters. The fourth-order valence-electron chi connectivity index (χ4n) is 5.59. The highest BCUT2D eigenvalue weighted by molar-refractivity contribution is 7.98. The first kappa shape index (κ1) is 18.1.